The van der Waals surface area contributed by atoms with Gasteiger partial charge in [0.15, 0.2) is 0 Å². The quantitative estimate of drug-likeness (QED) is 0.384. The summed E-state index contributed by atoms with van der Waals surface area (Å²) in [7, 11) is 0. The van der Waals surface area contributed by atoms with E-state index in [1.165, 1.54) is 0 Å². The Morgan fingerprint density at radius 1 is 0.222 bits per heavy atom. The van der Waals surface area contributed by atoms with Crippen molar-refractivity contribution in [1.29, 1.82) is 0 Å². The van der Waals surface area contributed by atoms with Crippen molar-refractivity contribution in [2.24, 2.45) is 0 Å². The maximum absolute atomic E-state index is 3.00. The van der Waals surface area contributed by atoms with E-state index in [0.29, 0.717) is 0 Å². The second kappa shape index (κ2) is 61400. The first-order valence-corrected chi connectivity index (χ1v) is 8.50. The average Bonchev–Trinajstić information content (AvgIpc) is 2.63. The fourth-order valence-electron chi connectivity index (χ4n) is 0. The number of rotatable bonds is 0. The highest BCUT2D eigenvalue weighted by atomic mass is 13.0. The molecule has 0 spiro atoms. The Balaban J connectivity index is -0.00000000723. The van der Waals surface area contributed by atoms with Crippen molar-refractivity contribution in [1.82, 2.24) is 0 Å². The van der Waals surface area contributed by atoms with Crippen molar-refractivity contribution in [3.05, 3.63) is 13.2 Å². The third-order valence-electron chi connectivity index (χ3n) is 0. The van der Waals surface area contributed by atoms with E-state index >= 15 is 0 Å². The first-order valence-electron chi connectivity index (χ1n) is 8.50. The highest BCUT2D eigenvalue weighted by molar-refractivity contribution is 4.22. The van der Waals surface area contributed by atoms with Gasteiger partial charge in [-0.25, -0.2) is 0 Å². The maximum Gasteiger partial charge on any atom is -0.0683 e. The minimum Gasteiger partial charge on any atom is -0.106 e. The van der Waals surface area contributed by atoms with Gasteiger partial charge >= 0.3 is 0 Å². The van der Waals surface area contributed by atoms with Crippen molar-refractivity contribution in [3.8, 4) is 0 Å². The molecule has 124 valence electrons. The molecule has 0 fully saturated rings. The highest BCUT2D eigenvalue weighted by Crippen LogP contribution is 1.16. The zero-order chi connectivity index (χ0) is 18.0. The third kappa shape index (κ3) is 50600. The van der Waals surface area contributed by atoms with E-state index in [4.69, 9.17) is 0 Å². The third-order valence-corrected chi connectivity index (χ3v) is 0. The fraction of sp³-hybridized carbons (Fsp3) is 0.889. The second-order valence-electron chi connectivity index (χ2n) is 0. The lowest BCUT2D eigenvalue weighted by atomic mass is 11.0. The van der Waals surface area contributed by atoms with E-state index in [9.17, 15) is 0 Å². The van der Waals surface area contributed by atoms with E-state index in [-0.39, 0.29) is 0 Å². The van der Waals surface area contributed by atoms with E-state index in [1.54, 1.807) is 0 Å². The number of hydrogen-bond acceptors (Lipinski definition) is 0. The van der Waals surface area contributed by atoms with Crippen LogP contribution < -0.4 is 0 Å². The average molecular weight is 269 g/mol. The first kappa shape index (κ1) is 65.1. The zero-order valence-corrected chi connectivity index (χ0v) is 17.4. The summed E-state index contributed by atoms with van der Waals surface area (Å²) in [5.74, 6) is 0. The molecule has 0 unspecified atom stereocenters. The Morgan fingerprint density at radius 2 is 0.222 bits per heavy atom. The van der Waals surface area contributed by atoms with Crippen LogP contribution in [0.5, 0.6) is 0 Å². The predicted octanol–water partition coefficient (Wildman–Crippen LogP) is 9.01. The van der Waals surface area contributed by atoms with Crippen LogP contribution >= 0.6 is 0 Å². The summed E-state index contributed by atoms with van der Waals surface area (Å²) in [6.07, 6.45) is 0. The Labute approximate surface area is 124 Å². The van der Waals surface area contributed by atoms with Crippen LogP contribution in [0.15, 0.2) is 13.2 Å². The Hall–Kier alpha value is -0.260. The molecule has 0 heteroatoms. The molecule has 0 N–H and O–H groups in total. The molecule has 0 saturated carbocycles. The Bertz CT molecular complexity index is 0. The molecule has 0 nitrogen and oxygen atoms in total. The summed E-state index contributed by atoms with van der Waals surface area (Å²) in [5.41, 5.74) is 0. The van der Waals surface area contributed by atoms with Gasteiger partial charge in [-0.3, -0.25) is 0 Å². The molecule has 18 heavy (non-hydrogen) atoms. The summed E-state index contributed by atoms with van der Waals surface area (Å²) in [6, 6.07) is 0. The van der Waals surface area contributed by atoms with Gasteiger partial charge in [-0.15, -0.1) is 13.2 Å². The van der Waals surface area contributed by atoms with Gasteiger partial charge in [-0.1, -0.05) is 111 Å². The van der Waals surface area contributed by atoms with Crippen LogP contribution in [-0.2, 0) is 0 Å². The standard InChI is InChI=1S/8C2H6.C2H4/c9*1-2/h8*1-2H3;1-2H2. The van der Waals surface area contributed by atoms with Crippen molar-refractivity contribution in [3.63, 3.8) is 0 Å². The highest BCUT2D eigenvalue weighted by Gasteiger charge is 0.946. The molecular formula is C18H52. The van der Waals surface area contributed by atoms with Crippen LogP contribution in [-0.4, -0.2) is 0 Å². The molecule has 0 heterocycles. The summed E-state index contributed by atoms with van der Waals surface area (Å²) in [5, 5.41) is 0. The van der Waals surface area contributed by atoms with E-state index in [1.807, 2.05) is 111 Å². The lowest BCUT2D eigenvalue weighted by Gasteiger charge is -1.07. The van der Waals surface area contributed by atoms with Crippen LogP contribution in [0, 0.1) is 0 Å². The van der Waals surface area contributed by atoms with Crippen LogP contribution in [0.1, 0.15) is 111 Å². The van der Waals surface area contributed by atoms with Gasteiger partial charge in [0.25, 0.3) is 0 Å². The number of hydrogen-bond donors (Lipinski definition) is 0. The Morgan fingerprint density at radius 3 is 0.222 bits per heavy atom. The summed E-state index contributed by atoms with van der Waals surface area (Å²) in [4.78, 5) is 0. The van der Waals surface area contributed by atoms with E-state index in [2.05, 4.69) is 13.2 Å². The molecular weight excluding hydrogens is 216 g/mol. The minimum absolute atomic E-state index is 2.00. The van der Waals surface area contributed by atoms with E-state index < -0.39 is 0 Å². The molecule has 0 aliphatic heterocycles. The molecule has 0 atom stereocenters. The van der Waals surface area contributed by atoms with Gasteiger partial charge in [-0.05, 0) is 0 Å². The summed E-state index contributed by atoms with van der Waals surface area (Å²) >= 11 is 0. The molecule has 0 bridgehead atoms. The monoisotopic (exact) mass is 268 g/mol. The molecule has 0 aromatic rings. The molecule has 0 aliphatic rings. The van der Waals surface area contributed by atoms with Crippen molar-refractivity contribution in [2.75, 3.05) is 0 Å². The zero-order valence-electron chi connectivity index (χ0n) is 17.4. The topological polar surface area (TPSA) is 0 Å². The first-order chi connectivity index (χ1) is 9.00. The van der Waals surface area contributed by atoms with Crippen molar-refractivity contribution < 1.29 is 0 Å². The molecule has 0 aromatic carbocycles. The van der Waals surface area contributed by atoms with E-state index in [0.717, 1.165) is 0 Å². The fourth-order valence-corrected chi connectivity index (χ4v) is 0. The van der Waals surface area contributed by atoms with Gasteiger partial charge in [0.2, 0.25) is 0 Å². The largest absolute Gasteiger partial charge is 0.106 e. The van der Waals surface area contributed by atoms with Crippen LogP contribution in [0.25, 0.3) is 0 Å². The molecule has 0 aliphatic carbocycles. The smallest absolute Gasteiger partial charge is 0.0683 e. The molecule has 0 rings (SSSR count). The predicted molar refractivity (Wildman–Crippen MR) is 102 cm³/mol. The van der Waals surface area contributed by atoms with Gasteiger partial charge in [0.1, 0.15) is 0 Å². The van der Waals surface area contributed by atoms with Crippen LogP contribution in [0.4, 0.5) is 0 Å². The molecule has 0 amide bonds. The van der Waals surface area contributed by atoms with Gasteiger partial charge < -0.3 is 0 Å². The van der Waals surface area contributed by atoms with Gasteiger partial charge in [0, 0.05) is 0 Å². The summed E-state index contributed by atoms with van der Waals surface area (Å²) in [6.45, 7) is 38.0. The van der Waals surface area contributed by atoms with Gasteiger partial charge in [-0.2, -0.15) is 0 Å². The lowest BCUT2D eigenvalue weighted by Crippen LogP contribution is -0.856. The van der Waals surface area contributed by atoms with Crippen molar-refractivity contribution >= 4 is 0 Å². The van der Waals surface area contributed by atoms with Gasteiger partial charge in [0.05, 0.1) is 0 Å². The normalized spacial score (nSPS) is 2.89. The van der Waals surface area contributed by atoms with Crippen LogP contribution in [0.2, 0.25) is 0 Å². The second-order valence-corrected chi connectivity index (χ2v) is 0. The molecule has 0 saturated heterocycles. The molecule has 0 aromatic heterocycles. The van der Waals surface area contributed by atoms with Crippen LogP contribution in [0.3, 0.4) is 0 Å². The SMILES string of the molecule is C=C.CC.CC.CC.CC.CC.CC.CC.CC. The minimum atomic E-state index is 2.00. The summed E-state index contributed by atoms with van der Waals surface area (Å²) < 4.78 is 0. The Kier molecular flexibility index (Phi) is 222000. The maximum atomic E-state index is 3.00. The molecule has 0 radical (unpaired) electrons. The lowest BCUT2D eigenvalue weighted by molar-refractivity contribution is 1.50. The van der Waals surface area contributed by atoms with Crippen molar-refractivity contribution in [2.45, 2.75) is 111 Å².